The SMILES string of the molecule is O=C1CCC(N2C(=O)C3=CCCC(CNC(=O)c4ccccc4OC(F)F)=C3C2=O)C(=O)N1. The Morgan fingerprint density at radius 1 is 1.15 bits per heavy atom. The number of carbonyl (C=O) groups excluding carboxylic acids is 5. The van der Waals surface area contributed by atoms with Gasteiger partial charge in [-0.2, -0.15) is 8.78 Å². The number of benzene rings is 1. The van der Waals surface area contributed by atoms with Crippen molar-refractivity contribution in [2.24, 2.45) is 0 Å². The van der Waals surface area contributed by atoms with Crippen LogP contribution in [0.3, 0.4) is 0 Å². The summed E-state index contributed by atoms with van der Waals surface area (Å²) >= 11 is 0. The molecule has 9 nitrogen and oxygen atoms in total. The molecular formula is C22H19F2N3O6. The molecule has 4 rings (SSSR count). The lowest BCUT2D eigenvalue weighted by atomic mass is 9.92. The average molecular weight is 459 g/mol. The molecule has 0 spiro atoms. The molecular weight excluding hydrogens is 440 g/mol. The molecule has 1 aromatic carbocycles. The largest absolute Gasteiger partial charge is 0.434 e. The zero-order chi connectivity index (χ0) is 23.7. The van der Waals surface area contributed by atoms with Crippen LogP contribution in [0.5, 0.6) is 5.75 Å². The average Bonchev–Trinajstić information content (AvgIpc) is 3.03. The van der Waals surface area contributed by atoms with E-state index in [4.69, 9.17) is 0 Å². The molecule has 172 valence electrons. The predicted octanol–water partition coefficient (Wildman–Crippen LogP) is 1.21. The number of piperidine rings is 1. The molecule has 1 aromatic rings. The highest BCUT2D eigenvalue weighted by Gasteiger charge is 2.48. The summed E-state index contributed by atoms with van der Waals surface area (Å²) in [7, 11) is 0. The van der Waals surface area contributed by atoms with Crippen molar-refractivity contribution < 1.29 is 37.5 Å². The second kappa shape index (κ2) is 8.93. The molecule has 1 unspecified atom stereocenters. The van der Waals surface area contributed by atoms with E-state index < -0.39 is 42.2 Å². The van der Waals surface area contributed by atoms with E-state index in [0.717, 1.165) is 4.90 Å². The van der Waals surface area contributed by atoms with Gasteiger partial charge in [-0.15, -0.1) is 0 Å². The van der Waals surface area contributed by atoms with Crippen LogP contribution in [0.1, 0.15) is 36.0 Å². The quantitative estimate of drug-likeness (QED) is 0.617. The van der Waals surface area contributed by atoms with Gasteiger partial charge in [-0.3, -0.25) is 34.2 Å². The van der Waals surface area contributed by atoms with Crippen LogP contribution in [0.15, 0.2) is 47.1 Å². The Kier molecular flexibility index (Phi) is 6.03. The topological polar surface area (TPSA) is 122 Å². The van der Waals surface area contributed by atoms with Crippen molar-refractivity contribution in [3.63, 3.8) is 0 Å². The summed E-state index contributed by atoms with van der Waals surface area (Å²) in [5, 5.41) is 4.72. The van der Waals surface area contributed by atoms with Gasteiger partial charge in [-0.25, -0.2) is 0 Å². The number of amides is 5. The van der Waals surface area contributed by atoms with Gasteiger partial charge in [0, 0.05) is 18.5 Å². The van der Waals surface area contributed by atoms with Crippen molar-refractivity contribution in [3.8, 4) is 5.75 Å². The van der Waals surface area contributed by atoms with Gasteiger partial charge in [0.25, 0.3) is 17.7 Å². The van der Waals surface area contributed by atoms with Gasteiger partial charge in [0.05, 0.1) is 11.1 Å². The van der Waals surface area contributed by atoms with Crippen LogP contribution in [-0.2, 0) is 19.2 Å². The Labute approximate surface area is 186 Å². The Balaban J connectivity index is 1.55. The number of alkyl halides is 2. The Morgan fingerprint density at radius 2 is 1.91 bits per heavy atom. The van der Waals surface area contributed by atoms with E-state index in [1.807, 2.05) is 0 Å². The predicted molar refractivity (Wildman–Crippen MR) is 108 cm³/mol. The van der Waals surface area contributed by atoms with Gasteiger partial charge < -0.3 is 10.1 Å². The van der Waals surface area contributed by atoms with Gasteiger partial charge in [0.2, 0.25) is 11.8 Å². The summed E-state index contributed by atoms with van der Waals surface area (Å²) in [5.74, 6) is -3.43. The molecule has 33 heavy (non-hydrogen) atoms. The number of hydrogen-bond acceptors (Lipinski definition) is 6. The molecule has 0 aromatic heterocycles. The number of nitrogens with zero attached hydrogens (tertiary/aromatic N) is 1. The molecule has 11 heteroatoms. The molecule has 0 radical (unpaired) electrons. The lowest BCUT2D eigenvalue weighted by Gasteiger charge is -2.27. The summed E-state index contributed by atoms with van der Waals surface area (Å²) in [5.41, 5.74) is 0.658. The highest BCUT2D eigenvalue weighted by atomic mass is 19.3. The highest BCUT2D eigenvalue weighted by molar-refractivity contribution is 6.26. The smallest absolute Gasteiger partial charge is 0.387 e. The summed E-state index contributed by atoms with van der Waals surface area (Å²) < 4.78 is 29.6. The minimum absolute atomic E-state index is 0.00851. The van der Waals surface area contributed by atoms with Crippen molar-refractivity contribution in [2.45, 2.75) is 38.3 Å². The number of allylic oxidation sites excluding steroid dienone is 1. The fourth-order valence-corrected chi connectivity index (χ4v) is 4.13. The number of halogens is 2. The van der Waals surface area contributed by atoms with Crippen molar-refractivity contribution in [2.75, 3.05) is 6.54 Å². The number of fused-ring (bicyclic) bond motifs is 1. The first-order valence-corrected chi connectivity index (χ1v) is 10.2. The normalized spacial score (nSPS) is 20.6. The molecule has 5 amide bonds. The fourth-order valence-electron chi connectivity index (χ4n) is 4.13. The Morgan fingerprint density at radius 3 is 2.64 bits per heavy atom. The van der Waals surface area contributed by atoms with Crippen LogP contribution in [0.2, 0.25) is 0 Å². The van der Waals surface area contributed by atoms with Gasteiger partial charge in [0.15, 0.2) is 0 Å². The number of likely N-dealkylation sites (tertiary alicyclic amines) is 1. The second-order valence-corrected chi connectivity index (χ2v) is 7.64. The van der Waals surface area contributed by atoms with Gasteiger partial charge in [-0.1, -0.05) is 18.2 Å². The maximum atomic E-state index is 13.1. The third-order valence-electron chi connectivity index (χ3n) is 5.63. The Bertz CT molecular complexity index is 1130. The Hall–Kier alpha value is -3.89. The number of imide groups is 2. The molecule has 3 aliphatic rings. The fraction of sp³-hybridized carbons (Fsp3) is 0.318. The molecule has 0 bridgehead atoms. The first kappa shape index (κ1) is 22.3. The number of ether oxygens (including phenoxy) is 1. The summed E-state index contributed by atoms with van der Waals surface area (Å²) in [6.45, 7) is -3.20. The van der Waals surface area contributed by atoms with E-state index in [2.05, 4.69) is 15.4 Å². The number of hydrogen-bond donors (Lipinski definition) is 2. The number of para-hydroxylation sites is 1. The monoisotopic (exact) mass is 459 g/mol. The first-order valence-electron chi connectivity index (χ1n) is 10.2. The van der Waals surface area contributed by atoms with Crippen molar-refractivity contribution in [1.82, 2.24) is 15.5 Å². The minimum atomic E-state index is -3.10. The van der Waals surface area contributed by atoms with Crippen molar-refractivity contribution >= 4 is 29.5 Å². The maximum Gasteiger partial charge on any atom is 0.387 e. The highest BCUT2D eigenvalue weighted by Crippen LogP contribution is 2.36. The summed E-state index contributed by atoms with van der Waals surface area (Å²) in [6, 6.07) is 4.42. The second-order valence-electron chi connectivity index (χ2n) is 7.64. The minimum Gasteiger partial charge on any atom is -0.434 e. The van der Waals surface area contributed by atoms with E-state index in [1.165, 1.54) is 24.3 Å². The first-order chi connectivity index (χ1) is 15.8. The van der Waals surface area contributed by atoms with Gasteiger partial charge >= 0.3 is 6.61 Å². The van der Waals surface area contributed by atoms with Crippen molar-refractivity contribution in [3.05, 3.63) is 52.6 Å². The molecule has 2 N–H and O–H groups in total. The summed E-state index contributed by atoms with van der Waals surface area (Å²) in [4.78, 5) is 63.1. The van der Waals surface area contributed by atoms with Crippen LogP contribution in [-0.4, -0.2) is 53.6 Å². The van der Waals surface area contributed by atoms with Gasteiger partial charge in [-0.05, 0) is 37.0 Å². The third kappa shape index (κ3) is 4.26. The van der Waals surface area contributed by atoms with Crippen LogP contribution < -0.4 is 15.4 Å². The molecule has 2 fully saturated rings. The third-order valence-corrected chi connectivity index (χ3v) is 5.63. The number of carbonyl (C=O) groups is 5. The standard InChI is InChI=1S/C22H19F2N3O6/c23-22(24)33-15-7-2-1-5-12(15)18(29)25-10-11-4-3-6-13-17(11)21(32)27(20(13)31)14-8-9-16(28)26-19(14)30/h1-2,5-7,14,22H,3-4,8-10H2,(H,25,29)(H,26,28,30). The van der Waals surface area contributed by atoms with E-state index in [0.29, 0.717) is 18.4 Å². The zero-order valence-electron chi connectivity index (χ0n) is 17.2. The van der Waals surface area contributed by atoms with Crippen LogP contribution >= 0.6 is 0 Å². The summed E-state index contributed by atoms with van der Waals surface area (Å²) in [6.07, 6.45) is 2.48. The molecule has 1 atom stereocenters. The van der Waals surface area contributed by atoms with E-state index >= 15 is 0 Å². The molecule has 2 saturated heterocycles. The lowest BCUT2D eigenvalue weighted by Crippen LogP contribution is -2.54. The number of rotatable bonds is 6. The number of nitrogens with one attached hydrogen (secondary N) is 2. The van der Waals surface area contributed by atoms with Crippen LogP contribution in [0, 0.1) is 0 Å². The molecule has 1 aliphatic carbocycles. The molecule has 0 saturated carbocycles. The van der Waals surface area contributed by atoms with E-state index in [9.17, 15) is 32.8 Å². The van der Waals surface area contributed by atoms with E-state index in [1.54, 1.807) is 6.08 Å². The lowest BCUT2D eigenvalue weighted by molar-refractivity contribution is -0.149. The van der Waals surface area contributed by atoms with Crippen LogP contribution in [0.25, 0.3) is 0 Å². The van der Waals surface area contributed by atoms with Gasteiger partial charge in [0.1, 0.15) is 11.8 Å². The van der Waals surface area contributed by atoms with E-state index in [-0.39, 0.29) is 41.8 Å². The van der Waals surface area contributed by atoms with Crippen LogP contribution in [0.4, 0.5) is 8.78 Å². The molecule has 2 aliphatic heterocycles. The maximum absolute atomic E-state index is 13.1. The zero-order valence-corrected chi connectivity index (χ0v) is 17.2. The van der Waals surface area contributed by atoms with Crippen molar-refractivity contribution in [1.29, 1.82) is 0 Å². The molecule has 2 heterocycles.